The summed E-state index contributed by atoms with van der Waals surface area (Å²) in [6.45, 7) is 0. The number of aromatic hydroxyl groups is 1. The maximum absolute atomic E-state index is 11.9. The normalized spacial score (nSPS) is 18.8. The summed E-state index contributed by atoms with van der Waals surface area (Å²) in [5, 5.41) is 13.7. The number of hydrogen-bond acceptors (Lipinski definition) is 5. The van der Waals surface area contributed by atoms with Gasteiger partial charge in [0.1, 0.15) is 17.6 Å². The zero-order valence-corrected chi connectivity index (χ0v) is 12.1. The molecule has 1 N–H and O–H groups in total. The van der Waals surface area contributed by atoms with E-state index in [1.54, 1.807) is 36.4 Å². The van der Waals surface area contributed by atoms with Gasteiger partial charge < -0.3 is 9.52 Å². The highest BCUT2D eigenvalue weighted by Gasteiger charge is 2.36. The predicted octanol–water partition coefficient (Wildman–Crippen LogP) is 2.10. The second-order valence-electron chi connectivity index (χ2n) is 4.87. The Morgan fingerprint density at radius 1 is 1.33 bits per heavy atom. The molecule has 0 aliphatic carbocycles. The molecule has 0 fully saturated rings. The van der Waals surface area contributed by atoms with Crippen molar-refractivity contribution in [3.63, 3.8) is 0 Å². The summed E-state index contributed by atoms with van der Waals surface area (Å²) >= 11 is 0. The first kappa shape index (κ1) is 13.7. The minimum Gasteiger partial charge on any atom is -0.508 e. The first-order valence-electron chi connectivity index (χ1n) is 6.35. The van der Waals surface area contributed by atoms with E-state index in [9.17, 15) is 13.5 Å². The van der Waals surface area contributed by atoms with Gasteiger partial charge in [0.2, 0.25) is 10.0 Å². The van der Waals surface area contributed by atoms with E-state index in [-0.39, 0.29) is 5.75 Å². The van der Waals surface area contributed by atoms with E-state index in [2.05, 4.69) is 5.10 Å². The van der Waals surface area contributed by atoms with Gasteiger partial charge in [0, 0.05) is 12.0 Å². The number of furan rings is 1. The molecule has 1 aromatic heterocycles. The molecule has 1 unspecified atom stereocenters. The third-order valence-electron chi connectivity index (χ3n) is 3.26. The van der Waals surface area contributed by atoms with Crippen molar-refractivity contribution < 1.29 is 17.9 Å². The fourth-order valence-corrected chi connectivity index (χ4v) is 3.23. The van der Waals surface area contributed by atoms with Crippen LogP contribution in [0.25, 0.3) is 0 Å². The van der Waals surface area contributed by atoms with Crippen molar-refractivity contribution in [2.75, 3.05) is 6.26 Å². The van der Waals surface area contributed by atoms with Gasteiger partial charge in [0.05, 0.1) is 18.2 Å². The third kappa shape index (κ3) is 2.64. The monoisotopic (exact) mass is 306 g/mol. The lowest BCUT2D eigenvalue weighted by Gasteiger charge is -2.18. The molecule has 0 amide bonds. The van der Waals surface area contributed by atoms with Crippen LogP contribution in [0.5, 0.6) is 5.75 Å². The average Bonchev–Trinajstić information content (AvgIpc) is 3.07. The lowest BCUT2D eigenvalue weighted by Crippen LogP contribution is -2.25. The van der Waals surface area contributed by atoms with Gasteiger partial charge in [0.25, 0.3) is 0 Å². The van der Waals surface area contributed by atoms with Crippen molar-refractivity contribution in [3.05, 3.63) is 54.0 Å². The number of phenolic OH excluding ortho intramolecular Hbond substituents is 1. The Labute approximate surface area is 122 Å². The Hall–Kier alpha value is -2.28. The Bertz CT molecular complexity index is 781. The van der Waals surface area contributed by atoms with Crippen molar-refractivity contribution in [3.8, 4) is 5.75 Å². The number of rotatable bonds is 3. The van der Waals surface area contributed by atoms with E-state index < -0.39 is 16.1 Å². The topological polar surface area (TPSA) is 83.1 Å². The molecule has 6 nitrogen and oxygen atoms in total. The number of hydrogen-bond donors (Lipinski definition) is 1. The van der Waals surface area contributed by atoms with E-state index in [0.717, 1.165) is 10.7 Å². The van der Waals surface area contributed by atoms with Crippen LogP contribution in [0, 0.1) is 0 Å². The first-order chi connectivity index (χ1) is 9.95. The zero-order valence-electron chi connectivity index (χ0n) is 11.3. The van der Waals surface area contributed by atoms with E-state index in [1.807, 2.05) is 0 Å². The van der Waals surface area contributed by atoms with Crippen LogP contribution in [0.2, 0.25) is 0 Å². The molecule has 1 atom stereocenters. The molecule has 0 saturated carbocycles. The van der Waals surface area contributed by atoms with Gasteiger partial charge in [-0.25, -0.2) is 8.42 Å². The molecule has 0 spiro atoms. The van der Waals surface area contributed by atoms with E-state index in [0.29, 0.717) is 23.5 Å². The minimum atomic E-state index is -3.51. The highest BCUT2D eigenvalue weighted by atomic mass is 32.2. The van der Waals surface area contributed by atoms with Crippen LogP contribution in [0.15, 0.2) is 52.2 Å². The van der Waals surface area contributed by atoms with E-state index >= 15 is 0 Å². The Morgan fingerprint density at radius 3 is 2.76 bits per heavy atom. The molecular formula is C14H14N2O4S. The van der Waals surface area contributed by atoms with E-state index in [4.69, 9.17) is 4.42 Å². The lowest BCUT2D eigenvalue weighted by atomic mass is 10.0. The molecule has 7 heteroatoms. The molecule has 1 aliphatic rings. The number of phenols is 1. The van der Waals surface area contributed by atoms with Crippen molar-refractivity contribution >= 4 is 15.7 Å². The minimum absolute atomic E-state index is 0.113. The molecule has 2 heterocycles. The Kier molecular flexibility index (Phi) is 3.21. The van der Waals surface area contributed by atoms with Crippen LogP contribution in [0.1, 0.15) is 23.8 Å². The standard InChI is InChI=1S/C14H14N2O4S/c1-21(18,19)16-13(14-6-3-7-20-14)9-12(15-16)10-4-2-5-11(17)8-10/h2-8,13,17H,9H2,1H3. The Balaban J connectivity index is 2.01. The van der Waals surface area contributed by atoms with Gasteiger partial charge in [-0.1, -0.05) is 12.1 Å². The maximum Gasteiger partial charge on any atom is 0.247 e. The average molecular weight is 306 g/mol. The summed E-state index contributed by atoms with van der Waals surface area (Å²) < 4.78 is 30.2. The van der Waals surface area contributed by atoms with E-state index in [1.165, 1.54) is 6.26 Å². The molecule has 0 radical (unpaired) electrons. The highest BCUT2D eigenvalue weighted by Crippen LogP contribution is 2.35. The fourth-order valence-electron chi connectivity index (χ4n) is 2.35. The predicted molar refractivity (Wildman–Crippen MR) is 77.4 cm³/mol. The van der Waals surface area contributed by atoms with Crippen LogP contribution in [-0.2, 0) is 10.0 Å². The van der Waals surface area contributed by atoms with Crippen LogP contribution in [-0.4, -0.2) is 29.9 Å². The fraction of sp³-hybridized carbons (Fsp3) is 0.214. The molecular weight excluding hydrogens is 292 g/mol. The molecule has 21 heavy (non-hydrogen) atoms. The summed E-state index contributed by atoms with van der Waals surface area (Å²) in [7, 11) is -3.51. The second kappa shape index (κ2) is 4.92. The van der Waals surface area contributed by atoms with Crippen LogP contribution in [0.4, 0.5) is 0 Å². The van der Waals surface area contributed by atoms with Gasteiger partial charge in [-0.15, -0.1) is 0 Å². The van der Waals surface area contributed by atoms with Crippen molar-refractivity contribution in [1.82, 2.24) is 4.41 Å². The van der Waals surface area contributed by atoms with Gasteiger partial charge in [-0.3, -0.25) is 0 Å². The van der Waals surface area contributed by atoms with Gasteiger partial charge >= 0.3 is 0 Å². The van der Waals surface area contributed by atoms with Crippen molar-refractivity contribution in [2.45, 2.75) is 12.5 Å². The first-order valence-corrected chi connectivity index (χ1v) is 8.19. The van der Waals surface area contributed by atoms with Crippen LogP contribution < -0.4 is 0 Å². The molecule has 1 aromatic carbocycles. The summed E-state index contributed by atoms with van der Waals surface area (Å²) in [6.07, 6.45) is 3.00. The largest absolute Gasteiger partial charge is 0.508 e. The van der Waals surface area contributed by atoms with Crippen LogP contribution in [0.3, 0.4) is 0 Å². The molecule has 3 rings (SSSR count). The molecule has 2 aromatic rings. The summed E-state index contributed by atoms with van der Waals surface area (Å²) in [5.41, 5.74) is 1.29. The molecule has 1 aliphatic heterocycles. The zero-order chi connectivity index (χ0) is 15.0. The SMILES string of the molecule is CS(=O)(=O)N1N=C(c2cccc(O)c2)CC1c1ccco1. The summed E-state index contributed by atoms with van der Waals surface area (Å²) in [4.78, 5) is 0. The van der Waals surface area contributed by atoms with Gasteiger partial charge in [-0.05, 0) is 24.3 Å². The summed E-state index contributed by atoms with van der Waals surface area (Å²) in [5.74, 6) is 0.655. The Morgan fingerprint density at radius 2 is 2.14 bits per heavy atom. The highest BCUT2D eigenvalue weighted by molar-refractivity contribution is 7.88. The van der Waals surface area contributed by atoms with Crippen LogP contribution >= 0.6 is 0 Å². The second-order valence-corrected chi connectivity index (χ2v) is 6.71. The van der Waals surface area contributed by atoms with Gasteiger partial charge in [-0.2, -0.15) is 9.52 Å². The molecule has 110 valence electrons. The molecule has 0 bridgehead atoms. The number of benzene rings is 1. The number of hydrazone groups is 1. The quantitative estimate of drug-likeness (QED) is 0.941. The smallest absolute Gasteiger partial charge is 0.247 e. The van der Waals surface area contributed by atoms with Gasteiger partial charge in [0.15, 0.2) is 0 Å². The van der Waals surface area contributed by atoms with Crippen molar-refractivity contribution in [2.24, 2.45) is 5.10 Å². The number of nitrogens with zero attached hydrogens (tertiary/aromatic N) is 2. The third-order valence-corrected chi connectivity index (χ3v) is 4.28. The number of sulfonamides is 1. The molecule has 0 saturated heterocycles. The van der Waals surface area contributed by atoms with Crippen molar-refractivity contribution in [1.29, 1.82) is 0 Å². The summed E-state index contributed by atoms with van der Waals surface area (Å²) in [6, 6.07) is 9.53. The lowest BCUT2D eigenvalue weighted by molar-refractivity contribution is 0.322. The maximum atomic E-state index is 11.9.